The second-order valence-electron chi connectivity index (χ2n) is 23.1. The molecule has 4 heterocycles. The quantitative estimate of drug-likeness (QED) is 0.115. The minimum Gasteiger partial charge on any atom is -1.51 e. The number of nitrogens with one attached hydrogen (secondary N) is 1. The van der Waals surface area contributed by atoms with Gasteiger partial charge in [-0.3, -0.25) is 0 Å². The molecule has 14 aromatic carbocycles. The van der Waals surface area contributed by atoms with Crippen LogP contribution >= 0.6 is 48.5 Å². The smallest absolute Gasteiger partial charge is 0.136 e. The Kier molecular flexibility index (Phi) is 18.2. The summed E-state index contributed by atoms with van der Waals surface area (Å²) in [7, 11) is 0. The Morgan fingerprint density at radius 2 is 0.653 bits per heavy atom. The zero-order valence-electron chi connectivity index (χ0n) is 52.7. The van der Waals surface area contributed by atoms with E-state index in [0.29, 0.717) is 0 Å². The standard InChI is InChI=1S/C43H29N3OS.C31H19BrN2OS.C12H11N.HP/c1-4-13-30(14-5-1)45(34-24-26-42-38(28-34)44-29-48-42)33-23-25-40-37(27-33)43-36(20-12-22-41(43)47-40)35-19-10-11-21-39(35)46(31-15-6-2-7-16-31)32-17-8-3-9-18-32;32-26-11-5-4-9-23(26)24-10-6-12-29-31(24)25-17-21(13-15-28(25)35-29)34(20-7-2-1-3-8-20)22-14-16-30-27(18-22)33-19-36-30;1-3-7-11(8-4-1)13-12-9-5-2-6-10-12;/h1-29H;1-19H;1-10,13H;1H/q;;;-2. The normalized spacial score (nSPS) is 11.0. The van der Waals surface area contributed by atoms with Crippen LogP contribution in [0.15, 0.2) is 364 Å². The minimum absolute atomic E-state index is 0. The van der Waals surface area contributed by atoms with Gasteiger partial charge in [0.05, 0.1) is 37.1 Å². The summed E-state index contributed by atoms with van der Waals surface area (Å²) < 4.78 is 16.3. The predicted molar refractivity (Wildman–Crippen MR) is 421 cm³/mol. The fraction of sp³-hybridized carbons (Fsp3) is 0. The van der Waals surface area contributed by atoms with Crippen LogP contribution in [0.25, 0.3) is 86.6 Å². The lowest BCUT2D eigenvalue weighted by Crippen LogP contribution is -2.11. The van der Waals surface area contributed by atoms with E-state index >= 15 is 0 Å². The first-order valence-electron chi connectivity index (χ1n) is 31.9. The number of para-hydroxylation sites is 7. The molecule has 0 spiro atoms. The number of fused-ring (bicyclic) bond motifs is 8. The van der Waals surface area contributed by atoms with Gasteiger partial charge in [-0.1, -0.05) is 186 Å². The molecule has 0 aliphatic carbocycles. The highest BCUT2D eigenvalue weighted by Crippen LogP contribution is 2.48. The third-order valence-corrected chi connectivity index (χ3v) is 19.4. The lowest BCUT2D eigenvalue weighted by molar-refractivity contribution is 0.668. The molecule has 0 aliphatic rings. The van der Waals surface area contributed by atoms with Crippen molar-refractivity contribution in [1.29, 1.82) is 0 Å². The lowest BCUT2D eigenvalue weighted by atomic mass is 9.96. The topological polar surface area (TPSA) is 73.8 Å². The molecule has 0 saturated carbocycles. The van der Waals surface area contributed by atoms with Crippen LogP contribution in [0.1, 0.15) is 0 Å². The molecule has 0 radical (unpaired) electrons. The van der Waals surface area contributed by atoms with E-state index in [1.165, 1.54) is 9.40 Å². The third-order valence-electron chi connectivity index (χ3n) is 17.1. The number of nitrogens with zero attached hydrogens (tertiary/aromatic N) is 5. The summed E-state index contributed by atoms with van der Waals surface area (Å²) in [6.07, 6.45) is 0. The van der Waals surface area contributed by atoms with E-state index in [0.717, 1.165) is 144 Å². The summed E-state index contributed by atoms with van der Waals surface area (Å²) >= 11 is 7.06. The van der Waals surface area contributed by atoms with Gasteiger partial charge in [0.25, 0.3) is 0 Å². The Bertz CT molecular complexity index is 5660. The van der Waals surface area contributed by atoms with Crippen LogP contribution in [0, 0.1) is 0 Å². The van der Waals surface area contributed by atoms with Crippen molar-refractivity contribution in [2.24, 2.45) is 0 Å². The minimum atomic E-state index is 0. The number of hydrogen-bond donors (Lipinski definition) is 1. The predicted octanol–water partition coefficient (Wildman–Crippen LogP) is 26.9. The van der Waals surface area contributed by atoms with Gasteiger partial charge in [0.15, 0.2) is 0 Å². The van der Waals surface area contributed by atoms with Gasteiger partial charge in [-0.15, -0.1) is 22.7 Å². The first-order valence-corrected chi connectivity index (χ1v) is 34.5. The molecule has 18 rings (SSSR count). The fourth-order valence-electron chi connectivity index (χ4n) is 12.7. The highest BCUT2D eigenvalue weighted by Gasteiger charge is 2.23. The van der Waals surface area contributed by atoms with Gasteiger partial charge < -0.3 is 38.7 Å². The molecule has 0 atom stereocenters. The molecule has 12 heteroatoms. The summed E-state index contributed by atoms with van der Waals surface area (Å²) in [5, 5.41) is 7.66. The second-order valence-corrected chi connectivity index (χ2v) is 25.8. The van der Waals surface area contributed by atoms with E-state index in [9.17, 15) is 0 Å². The SMILES string of the molecule is Brc1ccccc1-c1cccc2oc3ccc(N(c4ccccc4)c4ccc5scnc5c4)cc3c12.[PH-2].c1ccc(N(c2ccc3scnc3c2)c2ccc3oc4cccc(-c5ccccc5N(c5ccccc5)c5ccccc5)c4c3c2)cc1.c1ccc(Nc2ccccc2)cc1. The number of furan rings is 2. The van der Waals surface area contributed by atoms with E-state index in [2.05, 4.69) is 307 Å². The lowest BCUT2D eigenvalue weighted by Gasteiger charge is -2.28. The molecule has 0 unspecified atom stereocenters. The van der Waals surface area contributed by atoms with Crippen LogP contribution in [-0.2, 0) is 0 Å². The van der Waals surface area contributed by atoms with Gasteiger partial charge in [-0.05, 0) is 187 Å². The van der Waals surface area contributed by atoms with Crippen molar-refractivity contribution >= 4 is 175 Å². The van der Waals surface area contributed by atoms with Crippen molar-refractivity contribution in [2.45, 2.75) is 0 Å². The van der Waals surface area contributed by atoms with Crippen LogP contribution in [-0.4, -0.2) is 9.97 Å². The molecule has 18 aromatic rings. The van der Waals surface area contributed by atoms with Crippen molar-refractivity contribution in [1.82, 2.24) is 9.97 Å². The van der Waals surface area contributed by atoms with Gasteiger partial charge in [-0.2, -0.15) is 0 Å². The molecule has 0 bridgehead atoms. The van der Waals surface area contributed by atoms with E-state index in [1.807, 2.05) is 89.9 Å². The third kappa shape index (κ3) is 12.8. The van der Waals surface area contributed by atoms with Gasteiger partial charge >= 0.3 is 0 Å². The first-order chi connectivity index (χ1) is 48.0. The molecule has 4 aromatic heterocycles. The summed E-state index contributed by atoms with van der Waals surface area (Å²) in [5.41, 5.74) is 25.7. The Morgan fingerprint density at radius 1 is 0.296 bits per heavy atom. The van der Waals surface area contributed by atoms with Crippen LogP contribution in [0.5, 0.6) is 0 Å². The fourth-order valence-corrected chi connectivity index (χ4v) is 14.6. The molecule has 472 valence electrons. The second kappa shape index (κ2) is 28.5. The Labute approximate surface area is 587 Å². The maximum Gasteiger partial charge on any atom is 0.136 e. The van der Waals surface area contributed by atoms with Crippen molar-refractivity contribution in [2.75, 3.05) is 20.0 Å². The molecule has 8 nitrogen and oxygen atoms in total. The number of benzene rings is 14. The van der Waals surface area contributed by atoms with Gasteiger partial charge in [0, 0.05) is 88.5 Å². The zero-order valence-corrected chi connectivity index (χ0v) is 57.0. The number of halogens is 1. The molecule has 0 aliphatic heterocycles. The summed E-state index contributed by atoms with van der Waals surface area (Å²) in [6, 6.07) is 118. The molecule has 0 fully saturated rings. The van der Waals surface area contributed by atoms with Crippen molar-refractivity contribution < 1.29 is 8.83 Å². The van der Waals surface area contributed by atoms with E-state index in [-0.39, 0.29) is 9.90 Å². The number of hydrogen-bond acceptors (Lipinski definition) is 10. The number of aromatic nitrogens is 2. The summed E-state index contributed by atoms with van der Waals surface area (Å²) in [4.78, 5) is 16.1. The van der Waals surface area contributed by atoms with Gasteiger partial charge in [0.1, 0.15) is 22.3 Å². The Hall–Kier alpha value is -11.4. The van der Waals surface area contributed by atoms with E-state index in [4.69, 9.17) is 8.83 Å². The molecule has 1 N–H and O–H groups in total. The van der Waals surface area contributed by atoms with Crippen LogP contribution in [0.3, 0.4) is 0 Å². The van der Waals surface area contributed by atoms with E-state index in [1.54, 1.807) is 22.7 Å². The maximum atomic E-state index is 6.54. The monoisotopic (exact) mass is 1380 g/mol. The Morgan fingerprint density at radius 3 is 1.10 bits per heavy atom. The molecule has 98 heavy (non-hydrogen) atoms. The molecular formula is C86H60BrN6O2PS2-2. The van der Waals surface area contributed by atoms with Gasteiger partial charge in [-0.25, -0.2) is 9.97 Å². The number of thiazole rings is 2. The summed E-state index contributed by atoms with van der Waals surface area (Å²) in [6.45, 7) is 0. The van der Waals surface area contributed by atoms with Crippen LogP contribution in [0.4, 0.5) is 62.6 Å². The molecule has 0 saturated heterocycles. The van der Waals surface area contributed by atoms with Crippen molar-refractivity contribution in [3.63, 3.8) is 0 Å². The van der Waals surface area contributed by atoms with Crippen molar-refractivity contribution in [3.8, 4) is 22.3 Å². The average molecular weight is 1380 g/mol. The highest BCUT2D eigenvalue weighted by molar-refractivity contribution is 9.10. The van der Waals surface area contributed by atoms with E-state index < -0.39 is 0 Å². The summed E-state index contributed by atoms with van der Waals surface area (Å²) in [5.74, 6) is 0. The molecule has 0 amide bonds. The number of rotatable bonds is 13. The molecular weight excluding hydrogens is 1320 g/mol. The highest BCUT2D eigenvalue weighted by atomic mass is 79.9. The van der Waals surface area contributed by atoms with Crippen LogP contribution in [0.2, 0.25) is 0 Å². The average Bonchev–Trinajstić information content (AvgIpc) is 1.59. The maximum absolute atomic E-state index is 6.54. The first kappa shape index (κ1) is 62.7. The largest absolute Gasteiger partial charge is 1.51 e. The number of anilines is 11. The van der Waals surface area contributed by atoms with Crippen molar-refractivity contribution in [3.05, 3.63) is 355 Å². The zero-order chi connectivity index (χ0) is 64.9. The van der Waals surface area contributed by atoms with Crippen LogP contribution < -0.4 is 20.0 Å². The Balaban J connectivity index is 0.000000137. The van der Waals surface area contributed by atoms with Gasteiger partial charge in [0.2, 0.25) is 0 Å².